The van der Waals surface area contributed by atoms with Crippen molar-refractivity contribution in [2.75, 3.05) is 5.32 Å². The second-order valence-electron chi connectivity index (χ2n) is 9.05. The Morgan fingerprint density at radius 3 is 2.31 bits per heavy atom. The van der Waals surface area contributed by atoms with Crippen LogP contribution in [0.5, 0.6) is 0 Å². The van der Waals surface area contributed by atoms with Gasteiger partial charge < -0.3 is 0 Å². The van der Waals surface area contributed by atoms with E-state index in [4.69, 9.17) is 9.97 Å². The minimum atomic E-state index is -0.187. The van der Waals surface area contributed by atoms with Crippen molar-refractivity contribution in [2.45, 2.75) is 39.5 Å². The van der Waals surface area contributed by atoms with Crippen LogP contribution in [0.4, 0.5) is 5.13 Å². The topological polar surface area (TPSA) is 54.9 Å². The minimum absolute atomic E-state index is 0.187. The van der Waals surface area contributed by atoms with Crippen molar-refractivity contribution in [3.8, 4) is 22.5 Å². The maximum atomic E-state index is 13.4. The summed E-state index contributed by atoms with van der Waals surface area (Å²) in [4.78, 5) is 23.0. The number of benzene rings is 3. The Morgan fingerprint density at radius 2 is 1.58 bits per heavy atom. The molecule has 4 nitrogen and oxygen atoms in total. The number of carbonyl (C=O) groups is 1. The summed E-state index contributed by atoms with van der Waals surface area (Å²) in [5.41, 5.74) is 7.66. The number of pyridine rings is 1. The molecule has 2 aromatic heterocycles. The highest BCUT2D eigenvalue weighted by atomic mass is 32.1. The van der Waals surface area contributed by atoms with Gasteiger partial charge in [0.1, 0.15) is 0 Å². The van der Waals surface area contributed by atoms with Crippen LogP contribution in [0.25, 0.3) is 33.4 Å². The van der Waals surface area contributed by atoms with Crippen LogP contribution in [0.2, 0.25) is 0 Å². The number of aryl methyl sites for hydroxylation is 1. The van der Waals surface area contributed by atoms with E-state index in [2.05, 4.69) is 74.6 Å². The second-order valence-corrected chi connectivity index (χ2v) is 9.90. The van der Waals surface area contributed by atoms with Gasteiger partial charge in [-0.1, -0.05) is 87.5 Å². The number of nitrogens with one attached hydrogen (secondary N) is 1. The number of amides is 1. The molecule has 5 aromatic rings. The Bertz CT molecular complexity index is 1500. The number of aromatic nitrogens is 2. The number of rotatable bonds is 7. The lowest BCUT2D eigenvalue weighted by molar-refractivity contribution is 0.102. The van der Waals surface area contributed by atoms with Gasteiger partial charge in [0.15, 0.2) is 5.13 Å². The summed E-state index contributed by atoms with van der Waals surface area (Å²) in [5, 5.41) is 6.40. The molecule has 1 N–H and O–H groups in total. The molecule has 0 fully saturated rings. The molecule has 0 bridgehead atoms. The van der Waals surface area contributed by atoms with E-state index in [9.17, 15) is 4.79 Å². The molecule has 180 valence electrons. The number of thiazole rings is 1. The SMILES string of the molecule is CCc1ccc(-c2cc(C(=O)Nc3nc(-c4ccc(C(C)CC)cc4)cs3)c3ccccc3n2)cc1. The van der Waals surface area contributed by atoms with Crippen LogP contribution in [0.1, 0.15) is 54.6 Å². The quantitative estimate of drug-likeness (QED) is 0.249. The van der Waals surface area contributed by atoms with E-state index >= 15 is 0 Å². The largest absolute Gasteiger partial charge is 0.298 e. The number of hydrogen-bond donors (Lipinski definition) is 1. The zero-order valence-electron chi connectivity index (χ0n) is 20.8. The Labute approximate surface area is 216 Å². The molecule has 3 aromatic carbocycles. The molecule has 1 amide bonds. The first-order valence-electron chi connectivity index (χ1n) is 12.4. The first kappa shape index (κ1) is 23.9. The van der Waals surface area contributed by atoms with Gasteiger partial charge >= 0.3 is 0 Å². The standard InChI is InChI=1S/C31H29N3OS/c1-4-20(3)22-14-16-24(17-15-22)29-19-36-31(33-29)34-30(35)26-18-28(23-12-10-21(5-2)11-13-23)32-27-9-7-6-8-25(26)27/h6-20H,4-5H2,1-3H3,(H,33,34,35). The molecule has 0 aliphatic carbocycles. The van der Waals surface area contributed by atoms with Crippen molar-refractivity contribution >= 4 is 33.3 Å². The molecule has 0 aliphatic rings. The number of nitrogens with zero attached hydrogens (tertiary/aromatic N) is 2. The van der Waals surface area contributed by atoms with Crippen molar-refractivity contribution in [1.29, 1.82) is 0 Å². The van der Waals surface area contributed by atoms with Gasteiger partial charge in [-0.3, -0.25) is 10.1 Å². The van der Waals surface area contributed by atoms with Crippen LogP contribution in [-0.4, -0.2) is 15.9 Å². The van der Waals surface area contributed by atoms with E-state index in [0.29, 0.717) is 16.6 Å². The average molecular weight is 492 g/mol. The van der Waals surface area contributed by atoms with Crippen molar-refractivity contribution < 1.29 is 4.79 Å². The molecule has 36 heavy (non-hydrogen) atoms. The van der Waals surface area contributed by atoms with E-state index in [1.54, 1.807) is 0 Å². The van der Waals surface area contributed by atoms with Gasteiger partial charge in [-0.15, -0.1) is 11.3 Å². The average Bonchev–Trinajstić information content (AvgIpc) is 3.40. The van der Waals surface area contributed by atoms with Crippen LogP contribution in [0, 0.1) is 0 Å². The zero-order chi connectivity index (χ0) is 25.1. The normalized spacial score (nSPS) is 12.0. The lowest BCUT2D eigenvalue weighted by Crippen LogP contribution is -2.13. The van der Waals surface area contributed by atoms with Gasteiger partial charge in [0.2, 0.25) is 0 Å². The Kier molecular flexibility index (Phi) is 6.92. The third-order valence-electron chi connectivity index (χ3n) is 6.73. The third-order valence-corrected chi connectivity index (χ3v) is 7.49. The van der Waals surface area contributed by atoms with Crippen molar-refractivity contribution in [2.24, 2.45) is 0 Å². The maximum Gasteiger partial charge on any atom is 0.258 e. The molecule has 0 saturated heterocycles. The number of anilines is 1. The predicted octanol–water partition coefficient (Wildman–Crippen LogP) is 8.35. The summed E-state index contributed by atoms with van der Waals surface area (Å²) < 4.78 is 0. The van der Waals surface area contributed by atoms with Gasteiger partial charge in [0, 0.05) is 21.9 Å². The molecular formula is C31H29N3OS. The summed E-state index contributed by atoms with van der Waals surface area (Å²) in [6, 6.07) is 26.5. The monoisotopic (exact) mass is 491 g/mol. The summed E-state index contributed by atoms with van der Waals surface area (Å²) in [6.07, 6.45) is 2.10. The van der Waals surface area contributed by atoms with E-state index in [0.717, 1.165) is 46.3 Å². The number of fused-ring (bicyclic) bond motifs is 1. The molecule has 0 saturated carbocycles. The van der Waals surface area contributed by atoms with Crippen molar-refractivity contribution in [3.63, 3.8) is 0 Å². The molecule has 1 unspecified atom stereocenters. The fraction of sp³-hybridized carbons (Fsp3) is 0.194. The van der Waals surface area contributed by atoms with Gasteiger partial charge in [-0.25, -0.2) is 9.97 Å². The van der Waals surface area contributed by atoms with E-state index in [1.165, 1.54) is 22.5 Å². The fourth-order valence-corrected chi connectivity index (χ4v) is 4.98. The Morgan fingerprint density at radius 1 is 0.889 bits per heavy atom. The van der Waals surface area contributed by atoms with E-state index in [-0.39, 0.29) is 5.91 Å². The molecule has 0 aliphatic heterocycles. The number of carbonyl (C=O) groups excluding carboxylic acids is 1. The zero-order valence-corrected chi connectivity index (χ0v) is 21.6. The summed E-state index contributed by atoms with van der Waals surface area (Å²) in [5.74, 6) is 0.349. The highest BCUT2D eigenvalue weighted by Crippen LogP contribution is 2.29. The first-order valence-corrected chi connectivity index (χ1v) is 13.3. The van der Waals surface area contributed by atoms with Crippen LogP contribution >= 0.6 is 11.3 Å². The molecule has 5 heteroatoms. The molecule has 0 spiro atoms. The minimum Gasteiger partial charge on any atom is -0.298 e. The lowest BCUT2D eigenvalue weighted by Gasteiger charge is -2.10. The Hall–Kier alpha value is -3.83. The van der Waals surface area contributed by atoms with Gasteiger partial charge in [0.25, 0.3) is 5.91 Å². The molecular weight excluding hydrogens is 462 g/mol. The van der Waals surface area contributed by atoms with Crippen molar-refractivity contribution in [1.82, 2.24) is 9.97 Å². The van der Waals surface area contributed by atoms with Gasteiger partial charge in [-0.2, -0.15) is 0 Å². The maximum absolute atomic E-state index is 13.4. The van der Waals surface area contributed by atoms with Crippen LogP contribution < -0.4 is 5.32 Å². The Balaban J connectivity index is 1.43. The highest BCUT2D eigenvalue weighted by Gasteiger charge is 2.16. The molecule has 0 radical (unpaired) electrons. The van der Waals surface area contributed by atoms with Gasteiger partial charge in [0.05, 0.1) is 22.5 Å². The fourth-order valence-electron chi connectivity index (χ4n) is 4.27. The summed E-state index contributed by atoms with van der Waals surface area (Å²) >= 11 is 1.43. The van der Waals surface area contributed by atoms with Crippen LogP contribution in [-0.2, 0) is 6.42 Å². The van der Waals surface area contributed by atoms with Crippen LogP contribution in [0.3, 0.4) is 0 Å². The number of para-hydroxylation sites is 1. The van der Waals surface area contributed by atoms with E-state index < -0.39 is 0 Å². The predicted molar refractivity (Wildman–Crippen MR) is 151 cm³/mol. The summed E-state index contributed by atoms with van der Waals surface area (Å²) in [6.45, 7) is 6.57. The van der Waals surface area contributed by atoms with Gasteiger partial charge in [-0.05, 0) is 42.0 Å². The van der Waals surface area contributed by atoms with Crippen molar-refractivity contribution in [3.05, 3.63) is 101 Å². The number of hydrogen-bond acceptors (Lipinski definition) is 4. The second kappa shape index (κ2) is 10.4. The van der Waals surface area contributed by atoms with Crippen LogP contribution in [0.15, 0.2) is 84.2 Å². The first-order chi connectivity index (χ1) is 17.6. The lowest BCUT2D eigenvalue weighted by atomic mass is 9.97. The molecule has 1 atom stereocenters. The smallest absolute Gasteiger partial charge is 0.258 e. The highest BCUT2D eigenvalue weighted by molar-refractivity contribution is 7.14. The molecule has 2 heterocycles. The third kappa shape index (κ3) is 4.93. The van der Waals surface area contributed by atoms with E-state index in [1.807, 2.05) is 35.7 Å². The molecule has 5 rings (SSSR count). The summed E-state index contributed by atoms with van der Waals surface area (Å²) in [7, 11) is 0.